The van der Waals surface area contributed by atoms with Crippen molar-refractivity contribution in [2.45, 2.75) is 6.42 Å². The molecule has 0 aliphatic rings. The molecule has 1 rings (SSSR count). The second kappa shape index (κ2) is 4.35. The average molecular weight is 142 g/mol. The lowest BCUT2D eigenvalue weighted by Crippen LogP contribution is -1.69. The van der Waals surface area contributed by atoms with E-state index in [1.807, 2.05) is 30.3 Å². The van der Waals surface area contributed by atoms with E-state index < -0.39 is 0 Å². The Balaban J connectivity index is 2.66. The molecular formula is C11H10. The fraction of sp³-hybridized carbons (Fsp3) is 0.0909. The van der Waals surface area contributed by atoms with Gasteiger partial charge in [0.25, 0.3) is 0 Å². The van der Waals surface area contributed by atoms with Crippen molar-refractivity contribution in [2.75, 3.05) is 0 Å². The van der Waals surface area contributed by atoms with E-state index in [0.717, 1.165) is 12.0 Å². The van der Waals surface area contributed by atoms with Crippen LogP contribution in [0.1, 0.15) is 12.0 Å². The minimum Gasteiger partial charge on any atom is -0.102 e. The van der Waals surface area contributed by atoms with Crippen LogP contribution in [0.3, 0.4) is 0 Å². The third kappa shape index (κ3) is 2.73. The summed E-state index contributed by atoms with van der Waals surface area (Å²) in [5.74, 6) is 6.01. The first-order valence-electron chi connectivity index (χ1n) is 3.58. The van der Waals surface area contributed by atoms with Gasteiger partial charge in [0.15, 0.2) is 0 Å². The molecule has 0 bridgehead atoms. The second-order valence-electron chi connectivity index (χ2n) is 2.16. The highest BCUT2D eigenvalue weighted by atomic mass is 13.8. The molecule has 1 aromatic carbocycles. The van der Waals surface area contributed by atoms with Crippen molar-refractivity contribution in [3.8, 4) is 11.8 Å². The number of benzene rings is 1. The molecule has 54 valence electrons. The molecule has 0 aliphatic carbocycles. The van der Waals surface area contributed by atoms with Gasteiger partial charge in [-0.3, -0.25) is 0 Å². The van der Waals surface area contributed by atoms with Crippen LogP contribution in [0.4, 0.5) is 0 Å². The van der Waals surface area contributed by atoms with Crippen molar-refractivity contribution in [3.05, 3.63) is 48.6 Å². The monoisotopic (exact) mass is 142 g/mol. The first-order chi connectivity index (χ1) is 5.43. The van der Waals surface area contributed by atoms with Crippen LogP contribution in [0, 0.1) is 11.8 Å². The lowest BCUT2D eigenvalue weighted by atomic mass is 10.2. The summed E-state index contributed by atoms with van der Waals surface area (Å²) in [5.41, 5.74) is 1.06. The van der Waals surface area contributed by atoms with Crippen LogP contribution in [-0.2, 0) is 0 Å². The Morgan fingerprint density at radius 1 is 1.27 bits per heavy atom. The fourth-order valence-electron chi connectivity index (χ4n) is 0.747. The normalized spacial score (nSPS) is 8.00. The zero-order valence-electron chi connectivity index (χ0n) is 6.38. The van der Waals surface area contributed by atoms with Crippen molar-refractivity contribution in [2.24, 2.45) is 0 Å². The van der Waals surface area contributed by atoms with Crippen LogP contribution in [0.2, 0.25) is 0 Å². The molecular weight excluding hydrogens is 132 g/mol. The van der Waals surface area contributed by atoms with Crippen molar-refractivity contribution < 1.29 is 0 Å². The Kier molecular flexibility index (Phi) is 3.02. The molecule has 0 heterocycles. The van der Waals surface area contributed by atoms with E-state index in [0.29, 0.717) is 0 Å². The van der Waals surface area contributed by atoms with Gasteiger partial charge in [0, 0.05) is 12.0 Å². The van der Waals surface area contributed by atoms with E-state index in [2.05, 4.69) is 18.4 Å². The molecule has 0 amide bonds. The Bertz CT molecular complexity index is 272. The van der Waals surface area contributed by atoms with Crippen molar-refractivity contribution in [3.63, 3.8) is 0 Å². The highest BCUT2D eigenvalue weighted by Crippen LogP contribution is 1.94. The summed E-state index contributed by atoms with van der Waals surface area (Å²) in [6.07, 6.45) is 2.56. The van der Waals surface area contributed by atoms with E-state index in [4.69, 9.17) is 0 Å². The van der Waals surface area contributed by atoms with Gasteiger partial charge in [0.1, 0.15) is 0 Å². The first kappa shape index (κ1) is 7.63. The van der Waals surface area contributed by atoms with Gasteiger partial charge in [-0.15, -0.1) is 6.58 Å². The summed E-state index contributed by atoms with van der Waals surface area (Å²) in [6.45, 7) is 3.59. The Morgan fingerprint density at radius 3 is 2.64 bits per heavy atom. The zero-order chi connectivity index (χ0) is 7.94. The molecule has 0 spiro atoms. The van der Waals surface area contributed by atoms with Crippen molar-refractivity contribution in [1.82, 2.24) is 0 Å². The molecule has 0 saturated heterocycles. The molecule has 0 atom stereocenters. The maximum atomic E-state index is 3.59. The van der Waals surface area contributed by atoms with E-state index in [1.165, 1.54) is 0 Å². The summed E-state index contributed by atoms with van der Waals surface area (Å²) < 4.78 is 0. The van der Waals surface area contributed by atoms with Crippen LogP contribution in [0.15, 0.2) is 43.0 Å². The molecule has 0 N–H and O–H groups in total. The van der Waals surface area contributed by atoms with Gasteiger partial charge in [-0.2, -0.15) is 0 Å². The fourth-order valence-corrected chi connectivity index (χ4v) is 0.747. The minimum atomic E-state index is 0.759. The van der Waals surface area contributed by atoms with Gasteiger partial charge < -0.3 is 0 Å². The highest BCUT2D eigenvalue weighted by molar-refractivity contribution is 5.33. The number of hydrogen-bond acceptors (Lipinski definition) is 0. The molecule has 1 aromatic rings. The topological polar surface area (TPSA) is 0 Å². The standard InChI is InChI=1S/C11H10/c1-2-3-5-8-11-9-6-4-7-10-11/h2,4,6-7,9-10H,1,3H2. The van der Waals surface area contributed by atoms with E-state index in [-0.39, 0.29) is 0 Å². The predicted molar refractivity (Wildman–Crippen MR) is 48.1 cm³/mol. The molecule has 0 unspecified atom stereocenters. The smallest absolute Gasteiger partial charge is 0.0270 e. The van der Waals surface area contributed by atoms with E-state index in [9.17, 15) is 0 Å². The van der Waals surface area contributed by atoms with Crippen LogP contribution in [0.5, 0.6) is 0 Å². The molecule has 0 fully saturated rings. The number of rotatable bonds is 1. The van der Waals surface area contributed by atoms with Crippen LogP contribution in [0.25, 0.3) is 0 Å². The molecule has 0 saturated carbocycles. The van der Waals surface area contributed by atoms with Gasteiger partial charge in [-0.1, -0.05) is 36.1 Å². The maximum absolute atomic E-state index is 3.59. The summed E-state index contributed by atoms with van der Waals surface area (Å²) in [5, 5.41) is 0. The summed E-state index contributed by atoms with van der Waals surface area (Å²) in [7, 11) is 0. The lowest BCUT2D eigenvalue weighted by molar-refractivity contribution is 1.48. The van der Waals surface area contributed by atoms with Gasteiger partial charge >= 0.3 is 0 Å². The third-order valence-electron chi connectivity index (χ3n) is 1.25. The molecule has 0 radical (unpaired) electrons. The molecule has 0 heteroatoms. The SMILES string of the molecule is C=CCC#Cc1ccccc1. The highest BCUT2D eigenvalue weighted by Gasteiger charge is 1.78. The summed E-state index contributed by atoms with van der Waals surface area (Å²) in [4.78, 5) is 0. The van der Waals surface area contributed by atoms with Gasteiger partial charge in [-0.25, -0.2) is 0 Å². The molecule has 0 nitrogen and oxygen atoms in total. The molecule has 0 aromatic heterocycles. The van der Waals surface area contributed by atoms with Crippen molar-refractivity contribution >= 4 is 0 Å². The van der Waals surface area contributed by atoms with Crippen LogP contribution < -0.4 is 0 Å². The van der Waals surface area contributed by atoms with Crippen LogP contribution in [-0.4, -0.2) is 0 Å². The first-order valence-corrected chi connectivity index (χ1v) is 3.58. The third-order valence-corrected chi connectivity index (χ3v) is 1.25. The quantitative estimate of drug-likeness (QED) is 0.417. The second-order valence-corrected chi connectivity index (χ2v) is 2.16. The van der Waals surface area contributed by atoms with Crippen molar-refractivity contribution in [1.29, 1.82) is 0 Å². The van der Waals surface area contributed by atoms with E-state index >= 15 is 0 Å². The minimum absolute atomic E-state index is 0.759. The van der Waals surface area contributed by atoms with Gasteiger partial charge in [0.2, 0.25) is 0 Å². The number of hydrogen-bond donors (Lipinski definition) is 0. The molecule has 11 heavy (non-hydrogen) atoms. The molecule has 0 aliphatic heterocycles. The van der Waals surface area contributed by atoms with Gasteiger partial charge in [-0.05, 0) is 12.1 Å². The van der Waals surface area contributed by atoms with Gasteiger partial charge in [0.05, 0.1) is 0 Å². The average Bonchev–Trinajstić information content (AvgIpc) is 2.07. The van der Waals surface area contributed by atoms with E-state index in [1.54, 1.807) is 6.08 Å². The number of allylic oxidation sites excluding steroid dienone is 1. The summed E-state index contributed by atoms with van der Waals surface area (Å²) >= 11 is 0. The zero-order valence-corrected chi connectivity index (χ0v) is 6.38. The van der Waals surface area contributed by atoms with Crippen LogP contribution >= 0.6 is 0 Å². The largest absolute Gasteiger partial charge is 0.102 e. The Hall–Kier alpha value is -1.48. The maximum Gasteiger partial charge on any atom is 0.0270 e. The lowest BCUT2D eigenvalue weighted by Gasteiger charge is -1.84. The predicted octanol–water partition coefficient (Wildman–Crippen LogP) is 2.61. The summed E-state index contributed by atoms with van der Waals surface area (Å²) in [6, 6.07) is 9.95. The Labute approximate surface area is 67.6 Å². The Morgan fingerprint density at radius 2 is 2.00 bits per heavy atom.